The monoisotopic (exact) mass is 330 g/mol. The van der Waals surface area contributed by atoms with Crippen LogP contribution < -0.4 is 0 Å². The average molecular weight is 331 g/mol. The Balaban J connectivity index is 2.52. The molecular weight excluding hydrogens is 311 g/mol. The van der Waals surface area contributed by atoms with E-state index in [0.717, 1.165) is 35.1 Å². The zero-order valence-corrected chi connectivity index (χ0v) is 14.2. The number of benzene rings is 1. The second-order valence-electron chi connectivity index (χ2n) is 5.17. The molecule has 1 N–H and O–H groups in total. The van der Waals surface area contributed by atoms with Gasteiger partial charge in [-0.05, 0) is 37.2 Å². The fraction of sp³-hybridized carbons (Fsp3) is 0.533. The summed E-state index contributed by atoms with van der Waals surface area (Å²) < 4.78 is 2.97. The van der Waals surface area contributed by atoms with E-state index in [0.29, 0.717) is 16.1 Å². The summed E-state index contributed by atoms with van der Waals surface area (Å²) in [4.78, 5) is 3.25. The van der Waals surface area contributed by atoms with Gasteiger partial charge in [-0.15, -0.1) is 0 Å². The molecule has 0 fully saturated rings. The number of aromatic amines is 1. The molecule has 0 saturated heterocycles. The molecule has 1 aromatic heterocycles. The van der Waals surface area contributed by atoms with E-state index < -0.39 is 0 Å². The fourth-order valence-corrected chi connectivity index (χ4v) is 3.34. The van der Waals surface area contributed by atoms with Crippen LogP contribution in [0.3, 0.4) is 0 Å². The van der Waals surface area contributed by atoms with Crippen LogP contribution in [0.2, 0.25) is 10.0 Å². The van der Waals surface area contributed by atoms with E-state index in [1.807, 2.05) is 12.1 Å². The van der Waals surface area contributed by atoms with Crippen LogP contribution in [-0.4, -0.2) is 9.55 Å². The van der Waals surface area contributed by atoms with Gasteiger partial charge in [0.1, 0.15) is 0 Å². The van der Waals surface area contributed by atoms with Gasteiger partial charge in [0.15, 0.2) is 4.77 Å². The third-order valence-electron chi connectivity index (χ3n) is 3.64. The summed E-state index contributed by atoms with van der Waals surface area (Å²) in [5.41, 5.74) is 2.01. The van der Waals surface area contributed by atoms with Crippen LogP contribution in [0.5, 0.6) is 0 Å². The molecule has 2 nitrogen and oxygen atoms in total. The minimum Gasteiger partial charge on any atom is -0.331 e. The molecule has 0 aliphatic rings. The lowest BCUT2D eigenvalue weighted by Crippen LogP contribution is -2.09. The van der Waals surface area contributed by atoms with Crippen LogP contribution in [0.25, 0.3) is 11.0 Å². The minimum atomic E-state index is 0.429. The highest BCUT2D eigenvalue weighted by Gasteiger charge is 2.15. The molecule has 1 atom stereocenters. The molecule has 0 saturated carbocycles. The van der Waals surface area contributed by atoms with Crippen molar-refractivity contribution in [1.29, 1.82) is 0 Å². The van der Waals surface area contributed by atoms with Gasteiger partial charge in [0.05, 0.1) is 21.1 Å². The predicted molar refractivity (Wildman–Crippen MR) is 90.6 cm³/mol. The molecule has 0 aliphatic heterocycles. The molecule has 0 radical (unpaired) electrons. The van der Waals surface area contributed by atoms with Gasteiger partial charge in [-0.1, -0.05) is 56.3 Å². The van der Waals surface area contributed by atoms with Crippen molar-refractivity contribution < 1.29 is 0 Å². The lowest BCUT2D eigenvalue weighted by Gasteiger charge is -2.19. The first-order chi connectivity index (χ1) is 9.58. The summed E-state index contributed by atoms with van der Waals surface area (Å²) in [7, 11) is 0. The molecule has 0 amide bonds. The standard InChI is InChI=1S/C15H20Cl2N2S/c1-3-5-7-10(6-4-2)19-14-9-12(17)11(16)8-13(14)18-15(19)20/h8-10H,3-7H2,1-2H3,(H,18,20). The quantitative estimate of drug-likeness (QED) is 0.596. The molecule has 0 bridgehead atoms. The molecule has 110 valence electrons. The summed E-state index contributed by atoms with van der Waals surface area (Å²) in [5.74, 6) is 0. The Hall–Kier alpha value is -0.510. The molecule has 5 heteroatoms. The normalized spacial score (nSPS) is 13.0. The molecule has 1 unspecified atom stereocenters. The van der Waals surface area contributed by atoms with E-state index >= 15 is 0 Å². The zero-order valence-electron chi connectivity index (χ0n) is 11.9. The van der Waals surface area contributed by atoms with Crippen LogP contribution in [-0.2, 0) is 0 Å². The SMILES string of the molecule is CCCCC(CCC)n1c(=S)[nH]c2cc(Cl)c(Cl)cc21. The maximum absolute atomic E-state index is 6.16. The van der Waals surface area contributed by atoms with Crippen LogP contribution in [0, 0.1) is 4.77 Å². The first kappa shape index (κ1) is 15.9. The van der Waals surface area contributed by atoms with Crippen molar-refractivity contribution in [1.82, 2.24) is 9.55 Å². The van der Waals surface area contributed by atoms with Crippen molar-refractivity contribution in [3.63, 3.8) is 0 Å². The largest absolute Gasteiger partial charge is 0.331 e. The number of halogens is 2. The Labute approximate surface area is 135 Å². The number of nitrogens with zero attached hydrogens (tertiary/aromatic N) is 1. The Bertz CT molecular complexity index is 645. The highest BCUT2D eigenvalue weighted by atomic mass is 35.5. The topological polar surface area (TPSA) is 20.7 Å². The van der Waals surface area contributed by atoms with Crippen molar-refractivity contribution in [2.75, 3.05) is 0 Å². The molecule has 0 aliphatic carbocycles. The van der Waals surface area contributed by atoms with E-state index in [4.69, 9.17) is 35.4 Å². The van der Waals surface area contributed by atoms with Gasteiger partial charge in [-0.2, -0.15) is 0 Å². The number of hydrogen-bond acceptors (Lipinski definition) is 1. The van der Waals surface area contributed by atoms with E-state index in [1.54, 1.807) is 0 Å². The van der Waals surface area contributed by atoms with Gasteiger partial charge in [0, 0.05) is 6.04 Å². The van der Waals surface area contributed by atoms with Crippen LogP contribution >= 0.6 is 35.4 Å². The molecule has 20 heavy (non-hydrogen) atoms. The van der Waals surface area contributed by atoms with Crippen molar-refractivity contribution in [3.05, 3.63) is 26.9 Å². The Kier molecular flexibility index (Phi) is 5.53. The van der Waals surface area contributed by atoms with Crippen LogP contribution in [0.1, 0.15) is 52.0 Å². The van der Waals surface area contributed by atoms with Gasteiger partial charge in [0.2, 0.25) is 0 Å². The Morgan fingerprint density at radius 3 is 2.50 bits per heavy atom. The van der Waals surface area contributed by atoms with Crippen molar-refractivity contribution in [3.8, 4) is 0 Å². The number of aromatic nitrogens is 2. The second-order valence-corrected chi connectivity index (χ2v) is 6.37. The average Bonchev–Trinajstić information content (AvgIpc) is 2.71. The van der Waals surface area contributed by atoms with E-state index in [9.17, 15) is 0 Å². The molecule has 2 rings (SSSR count). The van der Waals surface area contributed by atoms with Crippen LogP contribution in [0.4, 0.5) is 0 Å². The number of imidazole rings is 1. The lowest BCUT2D eigenvalue weighted by molar-refractivity contribution is 0.422. The van der Waals surface area contributed by atoms with E-state index in [1.165, 1.54) is 12.8 Å². The van der Waals surface area contributed by atoms with Gasteiger partial charge in [-0.3, -0.25) is 0 Å². The second kappa shape index (κ2) is 6.97. The Morgan fingerprint density at radius 2 is 1.85 bits per heavy atom. The smallest absolute Gasteiger partial charge is 0.178 e. The summed E-state index contributed by atoms with van der Waals surface area (Å²) in [6.45, 7) is 4.43. The van der Waals surface area contributed by atoms with Gasteiger partial charge in [0.25, 0.3) is 0 Å². The summed E-state index contributed by atoms with van der Waals surface area (Å²) in [6, 6.07) is 4.20. The number of H-pyrrole nitrogens is 1. The number of rotatable bonds is 6. The van der Waals surface area contributed by atoms with Gasteiger partial charge in [-0.25, -0.2) is 0 Å². The van der Waals surface area contributed by atoms with Crippen molar-refractivity contribution in [2.24, 2.45) is 0 Å². The van der Waals surface area contributed by atoms with Gasteiger partial charge < -0.3 is 9.55 Å². The highest BCUT2D eigenvalue weighted by molar-refractivity contribution is 7.71. The number of nitrogens with one attached hydrogen (secondary N) is 1. The molecule has 2 aromatic rings. The van der Waals surface area contributed by atoms with Crippen molar-refractivity contribution in [2.45, 2.75) is 52.0 Å². The molecule has 1 aromatic carbocycles. The molecule has 0 spiro atoms. The summed E-state index contributed by atoms with van der Waals surface area (Å²) >= 11 is 17.7. The zero-order chi connectivity index (χ0) is 14.7. The maximum atomic E-state index is 6.16. The summed E-state index contributed by atoms with van der Waals surface area (Å²) in [5, 5.41) is 1.14. The Morgan fingerprint density at radius 1 is 1.15 bits per heavy atom. The number of unbranched alkanes of at least 4 members (excludes halogenated alkanes) is 1. The highest BCUT2D eigenvalue weighted by Crippen LogP contribution is 2.31. The third-order valence-corrected chi connectivity index (χ3v) is 4.66. The first-order valence-electron chi connectivity index (χ1n) is 7.17. The minimum absolute atomic E-state index is 0.429. The van der Waals surface area contributed by atoms with E-state index in [-0.39, 0.29) is 0 Å². The van der Waals surface area contributed by atoms with Crippen LogP contribution in [0.15, 0.2) is 12.1 Å². The molecule has 1 heterocycles. The number of fused-ring (bicyclic) bond motifs is 1. The lowest BCUT2D eigenvalue weighted by atomic mass is 10.0. The number of hydrogen-bond donors (Lipinski definition) is 1. The summed E-state index contributed by atoms with van der Waals surface area (Å²) in [6.07, 6.45) is 5.82. The molecular formula is C15H20Cl2N2S. The van der Waals surface area contributed by atoms with Gasteiger partial charge >= 0.3 is 0 Å². The van der Waals surface area contributed by atoms with Crippen molar-refractivity contribution >= 4 is 46.5 Å². The fourth-order valence-electron chi connectivity index (χ4n) is 2.66. The third kappa shape index (κ3) is 3.21. The maximum Gasteiger partial charge on any atom is 0.178 e. The first-order valence-corrected chi connectivity index (χ1v) is 8.34. The predicted octanol–water partition coefficient (Wildman–Crippen LogP) is 6.54. The van der Waals surface area contributed by atoms with E-state index in [2.05, 4.69) is 23.4 Å².